The lowest BCUT2D eigenvalue weighted by Gasteiger charge is -2.11. The Bertz CT molecular complexity index is 899. The maximum absolute atomic E-state index is 11.8. The van der Waals surface area contributed by atoms with E-state index in [1.54, 1.807) is 6.20 Å². The summed E-state index contributed by atoms with van der Waals surface area (Å²) in [6, 6.07) is 5.49. The highest BCUT2D eigenvalue weighted by molar-refractivity contribution is 5.99. The molecule has 2 heterocycles. The van der Waals surface area contributed by atoms with Gasteiger partial charge >= 0.3 is 6.03 Å². The van der Waals surface area contributed by atoms with Crippen molar-refractivity contribution in [1.82, 2.24) is 20.5 Å². The van der Waals surface area contributed by atoms with Gasteiger partial charge in [0.15, 0.2) is 0 Å². The highest BCUT2D eigenvalue weighted by Gasteiger charge is 2.10. The molecule has 7 nitrogen and oxygen atoms in total. The summed E-state index contributed by atoms with van der Waals surface area (Å²) in [7, 11) is 0. The number of H-pyrrole nitrogens is 1. The Labute approximate surface area is 139 Å². The molecule has 2 amide bonds. The number of aromatic nitrogens is 3. The summed E-state index contributed by atoms with van der Waals surface area (Å²) in [5.74, 6) is 0.473. The first kappa shape index (κ1) is 15.8. The number of nitrogens with two attached hydrogens (primary N) is 1. The number of urea groups is 1. The summed E-state index contributed by atoms with van der Waals surface area (Å²) < 4.78 is 0. The molecule has 124 valence electrons. The molecule has 0 saturated heterocycles. The molecule has 0 saturated carbocycles. The highest BCUT2D eigenvalue weighted by Crippen LogP contribution is 2.31. The molecule has 0 aliphatic carbocycles. The molecule has 0 atom stereocenters. The predicted molar refractivity (Wildman–Crippen MR) is 95.8 cm³/mol. The Morgan fingerprint density at radius 3 is 2.75 bits per heavy atom. The van der Waals surface area contributed by atoms with Gasteiger partial charge in [-0.2, -0.15) is 5.10 Å². The summed E-state index contributed by atoms with van der Waals surface area (Å²) in [5, 5.41) is 14.2. The number of carbonyl (C=O) groups excluding carboxylic acids is 1. The van der Waals surface area contributed by atoms with Crippen LogP contribution >= 0.6 is 0 Å². The largest absolute Gasteiger partial charge is 0.398 e. The van der Waals surface area contributed by atoms with Crippen LogP contribution in [0.15, 0.2) is 30.6 Å². The number of hydrogen-bond donors (Lipinski definition) is 4. The van der Waals surface area contributed by atoms with Crippen LogP contribution in [-0.4, -0.2) is 27.3 Å². The number of nitrogen functional groups attached to an aromatic ring is 1. The van der Waals surface area contributed by atoms with E-state index in [1.165, 1.54) is 0 Å². The second kappa shape index (κ2) is 6.19. The van der Waals surface area contributed by atoms with E-state index in [1.807, 2.05) is 45.2 Å². The van der Waals surface area contributed by atoms with Crippen LogP contribution in [0.1, 0.15) is 19.5 Å². The summed E-state index contributed by atoms with van der Waals surface area (Å²) >= 11 is 0. The fraction of sp³-hybridized carbons (Fsp3) is 0.235. The zero-order chi connectivity index (χ0) is 17.3. The Morgan fingerprint density at radius 1 is 1.29 bits per heavy atom. The van der Waals surface area contributed by atoms with Crippen molar-refractivity contribution in [2.24, 2.45) is 0 Å². The van der Waals surface area contributed by atoms with Crippen LogP contribution in [0.4, 0.5) is 16.3 Å². The minimum absolute atomic E-state index is 0.0526. The van der Waals surface area contributed by atoms with Gasteiger partial charge in [-0.1, -0.05) is 0 Å². The van der Waals surface area contributed by atoms with Crippen LogP contribution in [0.25, 0.3) is 21.9 Å². The van der Waals surface area contributed by atoms with Gasteiger partial charge in [-0.05, 0) is 49.9 Å². The molecular weight excluding hydrogens is 304 g/mol. The maximum atomic E-state index is 11.8. The van der Waals surface area contributed by atoms with Crippen molar-refractivity contribution >= 4 is 28.3 Å². The Morgan fingerprint density at radius 2 is 2.08 bits per heavy atom. The second-order valence-electron chi connectivity index (χ2n) is 5.99. The minimum Gasteiger partial charge on any atom is -0.398 e. The van der Waals surface area contributed by atoms with Crippen LogP contribution in [0, 0.1) is 6.92 Å². The van der Waals surface area contributed by atoms with Gasteiger partial charge in [-0.25, -0.2) is 9.78 Å². The van der Waals surface area contributed by atoms with E-state index < -0.39 is 0 Å². The lowest BCUT2D eigenvalue weighted by molar-refractivity contribution is 0.250. The zero-order valence-electron chi connectivity index (χ0n) is 13.8. The van der Waals surface area contributed by atoms with Crippen molar-refractivity contribution in [2.45, 2.75) is 26.8 Å². The topological polar surface area (TPSA) is 109 Å². The van der Waals surface area contributed by atoms with Gasteiger partial charge in [-0.3, -0.25) is 10.4 Å². The summed E-state index contributed by atoms with van der Waals surface area (Å²) in [4.78, 5) is 16.1. The van der Waals surface area contributed by atoms with Gasteiger partial charge in [-0.15, -0.1) is 0 Å². The molecular formula is C17H20N6O. The molecule has 0 bridgehead atoms. The van der Waals surface area contributed by atoms with E-state index in [-0.39, 0.29) is 12.1 Å². The van der Waals surface area contributed by atoms with Crippen molar-refractivity contribution in [3.63, 3.8) is 0 Å². The van der Waals surface area contributed by atoms with Gasteiger partial charge in [0.2, 0.25) is 0 Å². The Kier molecular flexibility index (Phi) is 4.07. The lowest BCUT2D eigenvalue weighted by Crippen LogP contribution is -2.34. The molecule has 3 rings (SSSR count). The maximum Gasteiger partial charge on any atom is 0.320 e. The SMILES string of the molecule is Cc1n[nH]cc1-c1cc(N)c2cnc(NC(=O)NC(C)C)cc2c1. The number of benzene rings is 1. The summed E-state index contributed by atoms with van der Waals surface area (Å²) in [5.41, 5.74) is 9.65. The first-order valence-electron chi connectivity index (χ1n) is 7.71. The summed E-state index contributed by atoms with van der Waals surface area (Å²) in [6.45, 7) is 5.73. The van der Waals surface area contributed by atoms with Crippen molar-refractivity contribution in [3.8, 4) is 11.1 Å². The number of aryl methyl sites for hydroxylation is 1. The quantitative estimate of drug-likeness (QED) is 0.555. The van der Waals surface area contributed by atoms with E-state index in [9.17, 15) is 4.79 Å². The van der Waals surface area contributed by atoms with E-state index in [4.69, 9.17) is 5.73 Å². The number of aromatic amines is 1. The third-order valence-corrected chi connectivity index (χ3v) is 3.67. The number of pyridine rings is 1. The number of carbonyl (C=O) groups is 1. The van der Waals surface area contributed by atoms with Crippen LogP contribution in [0.2, 0.25) is 0 Å². The van der Waals surface area contributed by atoms with E-state index in [0.29, 0.717) is 11.5 Å². The molecule has 0 fully saturated rings. The third kappa shape index (κ3) is 3.15. The van der Waals surface area contributed by atoms with E-state index >= 15 is 0 Å². The first-order valence-corrected chi connectivity index (χ1v) is 7.71. The lowest BCUT2D eigenvalue weighted by atomic mass is 10.0. The molecule has 7 heteroatoms. The third-order valence-electron chi connectivity index (χ3n) is 3.67. The number of amides is 2. The highest BCUT2D eigenvalue weighted by atomic mass is 16.2. The second-order valence-corrected chi connectivity index (χ2v) is 5.99. The van der Waals surface area contributed by atoms with Crippen molar-refractivity contribution < 1.29 is 4.79 Å². The fourth-order valence-electron chi connectivity index (χ4n) is 2.58. The normalized spacial score (nSPS) is 11.0. The van der Waals surface area contributed by atoms with Crippen LogP contribution in [0.3, 0.4) is 0 Å². The number of nitrogens with one attached hydrogen (secondary N) is 3. The Balaban J connectivity index is 1.99. The van der Waals surface area contributed by atoms with E-state index in [0.717, 1.165) is 27.6 Å². The number of nitrogens with zero attached hydrogens (tertiary/aromatic N) is 2. The standard InChI is InChI=1S/C17H20N6O/c1-9(2)21-17(24)22-16-6-12-4-11(13-8-20-23-10(13)3)5-15(18)14(12)7-19-16/h4-9H,18H2,1-3H3,(H,20,23)(H2,19,21,22,24). The van der Waals surface area contributed by atoms with Crippen LogP contribution in [0.5, 0.6) is 0 Å². The summed E-state index contributed by atoms with van der Waals surface area (Å²) in [6.07, 6.45) is 3.51. The average Bonchev–Trinajstić information content (AvgIpc) is 2.92. The number of hydrogen-bond acceptors (Lipinski definition) is 4. The fourth-order valence-corrected chi connectivity index (χ4v) is 2.58. The number of anilines is 2. The molecule has 0 aliphatic rings. The van der Waals surface area contributed by atoms with Gasteiger partial charge in [0.1, 0.15) is 5.82 Å². The molecule has 0 aliphatic heterocycles. The smallest absolute Gasteiger partial charge is 0.320 e. The molecule has 0 spiro atoms. The van der Waals surface area contributed by atoms with Crippen LogP contribution < -0.4 is 16.4 Å². The van der Waals surface area contributed by atoms with Gasteiger partial charge in [0, 0.05) is 35.1 Å². The molecule has 1 aromatic carbocycles. The molecule has 5 N–H and O–H groups in total. The van der Waals surface area contributed by atoms with Crippen molar-refractivity contribution in [3.05, 3.63) is 36.3 Å². The van der Waals surface area contributed by atoms with E-state index in [2.05, 4.69) is 25.8 Å². The molecule has 0 unspecified atom stereocenters. The van der Waals surface area contributed by atoms with Gasteiger partial charge in [0.25, 0.3) is 0 Å². The minimum atomic E-state index is -0.286. The van der Waals surface area contributed by atoms with Gasteiger partial charge < -0.3 is 11.1 Å². The van der Waals surface area contributed by atoms with Crippen molar-refractivity contribution in [1.29, 1.82) is 0 Å². The Hall–Kier alpha value is -3.09. The monoisotopic (exact) mass is 324 g/mol. The molecule has 0 radical (unpaired) electrons. The molecule has 2 aromatic heterocycles. The first-order chi connectivity index (χ1) is 11.4. The zero-order valence-corrected chi connectivity index (χ0v) is 13.8. The molecule has 3 aromatic rings. The average molecular weight is 324 g/mol. The van der Waals surface area contributed by atoms with Gasteiger partial charge in [0.05, 0.1) is 5.69 Å². The molecule has 24 heavy (non-hydrogen) atoms. The van der Waals surface area contributed by atoms with Crippen LogP contribution in [-0.2, 0) is 0 Å². The van der Waals surface area contributed by atoms with Crippen molar-refractivity contribution in [2.75, 3.05) is 11.1 Å². The number of rotatable bonds is 3. The predicted octanol–water partition coefficient (Wildman–Crippen LogP) is 3.05. The number of fused-ring (bicyclic) bond motifs is 1.